The molecule has 0 unspecified atom stereocenters. The third kappa shape index (κ3) is 3.40. The standard InChI is InChI=1S/C14H18N4O3S.ClH/c1-2-16-22(19,20)11-6-4-10(5-7-11)12-17-13(18-21-12)14(15)8-3-9-14;/h4-7,16H,2-3,8-9,15H2,1H3;1H. The van der Waals surface area contributed by atoms with Gasteiger partial charge in [-0.15, -0.1) is 12.4 Å². The van der Waals surface area contributed by atoms with Crippen molar-refractivity contribution in [3.63, 3.8) is 0 Å². The van der Waals surface area contributed by atoms with Gasteiger partial charge in [0.05, 0.1) is 10.4 Å². The number of sulfonamides is 1. The van der Waals surface area contributed by atoms with E-state index < -0.39 is 15.6 Å². The molecule has 1 heterocycles. The van der Waals surface area contributed by atoms with Crippen LogP contribution in [-0.2, 0) is 15.6 Å². The Hall–Kier alpha value is -1.48. The minimum atomic E-state index is -3.46. The quantitative estimate of drug-likeness (QED) is 0.842. The van der Waals surface area contributed by atoms with Gasteiger partial charge in [-0.2, -0.15) is 4.98 Å². The zero-order valence-corrected chi connectivity index (χ0v) is 14.3. The molecule has 3 rings (SSSR count). The van der Waals surface area contributed by atoms with Crippen LogP contribution in [0.5, 0.6) is 0 Å². The third-order valence-electron chi connectivity index (χ3n) is 3.86. The van der Waals surface area contributed by atoms with Crippen molar-refractivity contribution in [2.24, 2.45) is 5.73 Å². The molecule has 1 aromatic heterocycles. The van der Waals surface area contributed by atoms with Gasteiger partial charge in [-0.25, -0.2) is 13.1 Å². The molecule has 7 nitrogen and oxygen atoms in total. The summed E-state index contributed by atoms with van der Waals surface area (Å²) < 4.78 is 31.4. The molecular weight excluding hydrogens is 340 g/mol. The lowest BCUT2D eigenvalue weighted by atomic mass is 9.77. The number of nitrogens with two attached hydrogens (primary N) is 1. The van der Waals surface area contributed by atoms with Gasteiger partial charge in [-0.05, 0) is 43.5 Å². The summed E-state index contributed by atoms with van der Waals surface area (Å²) in [7, 11) is -3.46. The first-order chi connectivity index (χ1) is 10.4. The van der Waals surface area contributed by atoms with Crippen molar-refractivity contribution in [3.8, 4) is 11.5 Å². The smallest absolute Gasteiger partial charge is 0.257 e. The van der Waals surface area contributed by atoms with Crippen molar-refractivity contribution >= 4 is 22.4 Å². The maximum absolute atomic E-state index is 11.9. The highest BCUT2D eigenvalue weighted by atomic mass is 35.5. The molecule has 1 aromatic carbocycles. The lowest BCUT2D eigenvalue weighted by Crippen LogP contribution is -2.44. The highest BCUT2D eigenvalue weighted by Gasteiger charge is 2.39. The molecule has 126 valence electrons. The lowest BCUT2D eigenvalue weighted by Gasteiger charge is -2.34. The van der Waals surface area contributed by atoms with Crippen LogP contribution in [0.1, 0.15) is 32.0 Å². The fraction of sp³-hybridized carbons (Fsp3) is 0.429. The summed E-state index contributed by atoms with van der Waals surface area (Å²) in [5.41, 5.74) is 6.35. The maximum atomic E-state index is 11.9. The normalized spacial score (nSPS) is 16.4. The number of aromatic nitrogens is 2. The van der Waals surface area contributed by atoms with Crippen molar-refractivity contribution in [1.82, 2.24) is 14.9 Å². The molecule has 0 saturated heterocycles. The van der Waals surface area contributed by atoms with Crippen molar-refractivity contribution in [1.29, 1.82) is 0 Å². The van der Waals surface area contributed by atoms with Crippen LogP contribution in [0.3, 0.4) is 0 Å². The fourth-order valence-electron chi connectivity index (χ4n) is 2.37. The van der Waals surface area contributed by atoms with Crippen LogP contribution in [0, 0.1) is 0 Å². The number of nitrogens with zero attached hydrogens (tertiary/aromatic N) is 2. The van der Waals surface area contributed by atoms with Gasteiger partial charge in [-0.3, -0.25) is 0 Å². The number of nitrogens with one attached hydrogen (secondary N) is 1. The van der Waals surface area contributed by atoms with Gasteiger partial charge in [0, 0.05) is 12.1 Å². The van der Waals surface area contributed by atoms with Crippen LogP contribution >= 0.6 is 12.4 Å². The summed E-state index contributed by atoms with van der Waals surface area (Å²) in [6, 6.07) is 6.31. The first-order valence-electron chi connectivity index (χ1n) is 7.18. The average Bonchev–Trinajstić information content (AvgIpc) is 2.95. The second-order valence-corrected chi connectivity index (χ2v) is 7.23. The molecule has 0 aliphatic heterocycles. The van der Waals surface area contributed by atoms with E-state index in [4.69, 9.17) is 10.3 Å². The van der Waals surface area contributed by atoms with Crippen molar-refractivity contribution in [2.45, 2.75) is 36.6 Å². The SMILES string of the molecule is CCNS(=O)(=O)c1ccc(-c2nc(C3(N)CCC3)no2)cc1.Cl. The Morgan fingerprint density at radius 1 is 1.30 bits per heavy atom. The predicted molar refractivity (Wildman–Crippen MR) is 87.6 cm³/mol. The van der Waals surface area contributed by atoms with Crippen molar-refractivity contribution < 1.29 is 12.9 Å². The molecule has 0 amide bonds. The van der Waals surface area contributed by atoms with E-state index in [0.29, 0.717) is 23.8 Å². The van der Waals surface area contributed by atoms with E-state index in [1.54, 1.807) is 19.1 Å². The van der Waals surface area contributed by atoms with E-state index in [-0.39, 0.29) is 17.3 Å². The first kappa shape index (κ1) is 17.9. The van der Waals surface area contributed by atoms with E-state index in [2.05, 4.69) is 14.9 Å². The second kappa shape index (κ2) is 6.56. The van der Waals surface area contributed by atoms with Crippen LogP contribution in [0.15, 0.2) is 33.7 Å². The zero-order chi connectivity index (χ0) is 15.8. The van der Waals surface area contributed by atoms with Crippen LogP contribution in [0.2, 0.25) is 0 Å². The van der Waals surface area contributed by atoms with Gasteiger partial charge < -0.3 is 10.3 Å². The lowest BCUT2D eigenvalue weighted by molar-refractivity contribution is 0.229. The number of hydrogen-bond donors (Lipinski definition) is 2. The molecule has 1 saturated carbocycles. The van der Waals surface area contributed by atoms with Crippen molar-refractivity contribution in [2.75, 3.05) is 6.54 Å². The molecular formula is C14H19ClN4O3S. The predicted octanol–water partition coefficient (Wildman–Crippen LogP) is 1.79. The first-order valence-corrected chi connectivity index (χ1v) is 8.66. The summed E-state index contributed by atoms with van der Waals surface area (Å²) >= 11 is 0. The van der Waals surface area contributed by atoms with E-state index in [9.17, 15) is 8.42 Å². The zero-order valence-electron chi connectivity index (χ0n) is 12.7. The molecule has 2 aromatic rings. The summed E-state index contributed by atoms with van der Waals surface area (Å²) in [6.07, 6.45) is 2.77. The molecule has 1 fully saturated rings. The topological polar surface area (TPSA) is 111 Å². The van der Waals surface area contributed by atoms with Crippen LogP contribution in [0.4, 0.5) is 0 Å². The van der Waals surface area contributed by atoms with Crippen LogP contribution in [0.25, 0.3) is 11.5 Å². The molecule has 0 spiro atoms. The molecule has 1 aliphatic carbocycles. The van der Waals surface area contributed by atoms with E-state index >= 15 is 0 Å². The minimum absolute atomic E-state index is 0. The average molecular weight is 359 g/mol. The molecule has 0 radical (unpaired) electrons. The Labute approximate surface area is 141 Å². The highest BCUT2D eigenvalue weighted by Crippen LogP contribution is 2.37. The minimum Gasteiger partial charge on any atom is -0.334 e. The van der Waals surface area contributed by atoms with Crippen LogP contribution < -0.4 is 10.5 Å². The van der Waals surface area contributed by atoms with Gasteiger partial charge in [0.25, 0.3) is 5.89 Å². The second-order valence-electron chi connectivity index (χ2n) is 5.46. The number of rotatable bonds is 5. The Bertz CT molecular complexity index is 770. The molecule has 0 atom stereocenters. The van der Waals surface area contributed by atoms with E-state index in [1.165, 1.54) is 12.1 Å². The Morgan fingerprint density at radius 3 is 2.48 bits per heavy atom. The van der Waals surface area contributed by atoms with Gasteiger partial charge in [0.2, 0.25) is 10.0 Å². The third-order valence-corrected chi connectivity index (χ3v) is 5.42. The van der Waals surface area contributed by atoms with E-state index in [0.717, 1.165) is 19.3 Å². The molecule has 23 heavy (non-hydrogen) atoms. The highest BCUT2D eigenvalue weighted by molar-refractivity contribution is 7.89. The van der Waals surface area contributed by atoms with Gasteiger partial charge in [0.1, 0.15) is 0 Å². The number of halogens is 1. The van der Waals surface area contributed by atoms with E-state index in [1.807, 2.05) is 0 Å². The molecule has 3 N–H and O–H groups in total. The molecule has 1 aliphatic rings. The Kier molecular flexibility index (Phi) is 5.10. The fourth-order valence-corrected chi connectivity index (χ4v) is 3.42. The monoisotopic (exact) mass is 358 g/mol. The molecule has 0 bridgehead atoms. The Morgan fingerprint density at radius 2 is 1.96 bits per heavy atom. The summed E-state index contributed by atoms with van der Waals surface area (Å²) in [5.74, 6) is 0.859. The largest absolute Gasteiger partial charge is 0.334 e. The maximum Gasteiger partial charge on any atom is 0.257 e. The number of benzene rings is 1. The van der Waals surface area contributed by atoms with Crippen molar-refractivity contribution in [3.05, 3.63) is 30.1 Å². The van der Waals surface area contributed by atoms with Gasteiger partial charge >= 0.3 is 0 Å². The van der Waals surface area contributed by atoms with Gasteiger partial charge in [-0.1, -0.05) is 12.1 Å². The molecule has 9 heteroatoms. The summed E-state index contributed by atoms with van der Waals surface area (Å²) in [5, 5.41) is 3.95. The van der Waals surface area contributed by atoms with Crippen LogP contribution in [-0.4, -0.2) is 25.1 Å². The Balaban J connectivity index is 0.00000192. The van der Waals surface area contributed by atoms with Gasteiger partial charge in [0.15, 0.2) is 5.82 Å². The number of hydrogen-bond acceptors (Lipinski definition) is 6. The summed E-state index contributed by atoms with van der Waals surface area (Å²) in [6.45, 7) is 2.07. The summed E-state index contributed by atoms with van der Waals surface area (Å²) in [4.78, 5) is 4.54.